The summed E-state index contributed by atoms with van der Waals surface area (Å²) < 4.78 is 41.4. The molecular weight excluding hydrogens is 375 g/mol. The molecule has 1 aliphatic heterocycles. The number of anilines is 1. The molecular formula is C24H22F3NO. The number of hydrogen-bond acceptors (Lipinski definition) is 2. The Morgan fingerprint density at radius 1 is 0.862 bits per heavy atom. The zero-order chi connectivity index (χ0) is 20.3. The molecule has 0 bridgehead atoms. The van der Waals surface area contributed by atoms with Crippen molar-refractivity contribution in [3.05, 3.63) is 95.6 Å². The smallest absolute Gasteiger partial charge is 0.406 e. The van der Waals surface area contributed by atoms with Crippen LogP contribution in [-0.2, 0) is 12.8 Å². The van der Waals surface area contributed by atoms with Gasteiger partial charge in [0.15, 0.2) is 0 Å². The monoisotopic (exact) mass is 397 g/mol. The summed E-state index contributed by atoms with van der Waals surface area (Å²) in [6, 6.07) is 25.2. The number of aryl methyl sites for hydroxylation is 1. The molecule has 0 saturated heterocycles. The second kappa shape index (κ2) is 8.19. The quantitative estimate of drug-likeness (QED) is 0.499. The van der Waals surface area contributed by atoms with Crippen LogP contribution in [-0.4, -0.2) is 12.9 Å². The van der Waals surface area contributed by atoms with Gasteiger partial charge in [0, 0.05) is 12.2 Å². The van der Waals surface area contributed by atoms with Crippen LogP contribution in [0.2, 0.25) is 0 Å². The minimum Gasteiger partial charge on any atom is -0.406 e. The standard InChI is InChI=1S/C24H22F3NO/c25-24(26,27)29-21-13-11-20(12-14-21)28-17-16-19-8-4-5-9-22(19)23(28)15-10-18-6-2-1-3-7-18/h1-9,11-14,23H,10,15-17H2. The van der Waals surface area contributed by atoms with Gasteiger partial charge < -0.3 is 9.64 Å². The van der Waals surface area contributed by atoms with Gasteiger partial charge in [-0.1, -0.05) is 54.6 Å². The van der Waals surface area contributed by atoms with Crippen LogP contribution in [0.25, 0.3) is 0 Å². The van der Waals surface area contributed by atoms with Crippen molar-refractivity contribution in [3.8, 4) is 5.75 Å². The van der Waals surface area contributed by atoms with E-state index in [4.69, 9.17) is 0 Å². The number of halogens is 3. The third-order valence-electron chi connectivity index (χ3n) is 5.36. The van der Waals surface area contributed by atoms with E-state index in [1.165, 1.54) is 28.8 Å². The summed E-state index contributed by atoms with van der Waals surface area (Å²) in [7, 11) is 0. The molecule has 1 unspecified atom stereocenters. The van der Waals surface area contributed by atoms with Crippen LogP contribution in [0.1, 0.15) is 29.2 Å². The van der Waals surface area contributed by atoms with E-state index in [-0.39, 0.29) is 11.8 Å². The van der Waals surface area contributed by atoms with Crippen LogP contribution in [0.4, 0.5) is 18.9 Å². The van der Waals surface area contributed by atoms with E-state index in [0.29, 0.717) is 0 Å². The molecule has 0 amide bonds. The van der Waals surface area contributed by atoms with E-state index in [2.05, 4.69) is 46.0 Å². The van der Waals surface area contributed by atoms with Crippen LogP contribution < -0.4 is 9.64 Å². The number of ether oxygens (including phenoxy) is 1. The lowest BCUT2D eigenvalue weighted by molar-refractivity contribution is -0.274. The van der Waals surface area contributed by atoms with Gasteiger partial charge in [0.2, 0.25) is 0 Å². The summed E-state index contributed by atoms with van der Waals surface area (Å²) in [6.45, 7) is 0.829. The van der Waals surface area contributed by atoms with Crippen LogP contribution in [0, 0.1) is 0 Å². The summed E-state index contributed by atoms with van der Waals surface area (Å²) in [5, 5.41) is 0. The number of benzene rings is 3. The van der Waals surface area contributed by atoms with Crippen molar-refractivity contribution in [1.29, 1.82) is 0 Å². The van der Waals surface area contributed by atoms with Gasteiger partial charge in [-0.05, 0) is 60.2 Å². The Labute approximate surface area is 168 Å². The predicted octanol–water partition coefficient (Wildman–Crippen LogP) is 6.32. The molecule has 0 fully saturated rings. The molecule has 1 aliphatic rings. The first-order chi connectivity index (χ1) is 14.0. The molecule has 0 radical (unpaired) electrons. The summed E-state index contributed by atoms with van der Waals surface area (Å²) in [5.41, 5.74) is 4.83. The van der Waals surface area contributed by atoms with Crippen molar-refractivity contribution >= 4 is 5.69 Å². The van der Waals surface area contributed by atoms with E-state index in [9.17, 15) is 13.2 Å². The highest BCUT2D eigenvalue weighted by Gasteiger charge is 2.31. The third-order valence-corrected chi connectivity index (χ3v) is 5.36. The molecule has 3 aromatic carbocycles. The summed E-state index contributed by atoms with van der Waals surface area (Å²) in [6.07, 6.45) is -1.89. The molecule has 0 spiro atoms. The lowest BCUT2D eigenvalue weighted by Gasteiger charge is -2.39. The van der Waals surface area contributed by atoms with Gasteiger partial charge in [-0.25, -0.2) is 0 Å². The second-order valence-electron chi connectivity index (χ2n) is 7.22. The highest BCUT2D eigenvalue weighted by Crippen LogP contribution is 2.37. The first-order valence-electron chi connectivity index (χ1n) is 9.74. The van der Waals surface area contributed by atoms with E-state index < -0.39 is 6.36 Å². The summed E-state index contributed by atoms with van der Waals surface area (Å²) in [5.74, 6) is -0.195. The van der Waals surface area contributed by atoms with E-state index in [1.807, 2.05) is 18.2 Å². The highest BCUT2D eigenvalue weighted by atomic mass is 19.4. The molecule has 4 rings (SSSR count). The van der Waals surface area contributed by atoms with Crippen molar-refractivity contribution < 1.29 is 17.9 Å². The molecule has 29 heavy (non-hydrogen) atoms. The molecule has 150 valence electrons. The van der Waals surface area contributed by atoms with Crippen LogP contribution >= 0.6 is 0 Å². The molecule has 0 aliphatic carbocycles. The van der Waals surface area contributed by atoms with Gasteiger partial charge >= 0.3 is 6.36 Å². The first-order valence-corrected chi connectivity index (χ1v) is 9.74. The lowest BCUT2D eigenvalue weighted by Crippen LogP contribution is -2.35. The molecule has 2 nitrogen and oxygen atoms in total. The van der Waals surface area contributed by atoms with Crippen LogP contribution in [0.15, 0.2) is 78.9 Å². The molecule has 5 heteroatoms. The molecule has 1 heterocycles. The largest absolute Gasteiger partial charge is 0.573 e. The molecule has 1 atom stereocenters. The van der Waals surface area contributed by atoms with Crippen molar-refractivity contribution in [2.24, 2.45) is 0 Å². The zero-order valence-corrected chi connectivity index (χ0v) is 15.9. The zero-order valence-electron chi connectivity index (χ0n) is 15.9. The molecule has 0 saturated carbocycles. The Kier molecular flexibility index (Phi) is 5.47. The molecule has 3 aromatic rings. The van der Waals surface area contributed by atoms with Gasteiger partial charge in [-0.15, -0.1) is 13.2 Å². The summed E-state index contributed by atoms with van der Waals surface area (Å²) in [4.78, 5) is 2.29. The third kappa shape index (κ3) is 4.73. The average Bonchev–Trinajstić information content (AvgIpc) is 2.72. The van der Waals surface area contributed by atoms with Gasteiger partial charge in [-0.2, -0.15) is 0 Å². The van der Waals surface area contributed by atoms with Crippen molar-refractivity contribution in [3.63, 3.8) is 0 Å². The maximum Gasteiger partial charge on any atom is 0.573 e. The van der Waals surface area contributed by atoms with E-state index >= 15 is 0 Å². The predicted molar refractivity (Wildman–Crippen MR) is 108 cm³/mol. The normalized spacial score (nSPS) is 16.4. The maximum atomic E-state index is 12.5. The van der Waals surface area contributed by atoms with E-state index in [0.717, 1.165) is 31.5 Å². The average molecular weight is 397 g/mol. The molecule has 0 aromatic heterocycles. The minimum atomic E-state index is -4.68. The van der Waals surface area contributed by atoms with Gasteiger partial charge in [0.05, 0.1) is 6.04 Å². The van der Waals surface area contributed by atoms with Crippen molar-refractivity contribution in [1.82, 2.24) is 0 Å². The number of rotatable bonds is 5. The second-order valence-corrected chi connectivity index (χ2v) is 7.22. The van der Waals surface area contributed by atoms with Gasteiger partial charge in [0.1, 0.15) is 5.75 Å². The Bertz CT molecular complexity index is 938. The van der Waals surface area contributed by atoms with Crippen molar-refractivity contribution in [2.75, 3.05) is 11.4 Å². The fourth-order valence-corrected chi connectivity index (χ4v) is 4.06. The Hall–Kier alpha value is -2.95. The first kappa shape index (κ1) is 19.4. The Balaban J connectivity index is 1.59. The number of hydrogen-bond donors (Lipinski definition) is 0. The fourth-order valence-electron chi connectivity index (χ4n) is 4.06. The van der Waals surface area contributed by atoms with Crippen LogP contribution in [0.3, 0.4) is 0 Å². The topological polar surface area (TPSA) is 12.5 Å². The highest BCUT2D eigenvalue weighted by molar-refractivity contribution is 5.54. The van der Waals surface area contributed by atoms with Crippen LogP contribution in [0.5, 0.6) is 5.75 Å². The minimum absolute atomic E-state index is 0.176. The van der Waals surface area contributed by atoms with Gasteiger partial charge in [-0.3, -0.25) is 0 Å². The lowest BCUT2D eigenvalue weighted by atomic mass is 9.88. The maximum absolute atomic E-state index is 12.5. The Morgan fingerprint density at radius 2 is 1.55 bits per heavy atom. The molecule has 0 N–H and O–H groups in total. The van der Waals surface area contributed by atoms with E-state index in [1.54, 1.807) is 12.1 Å². The SMILES string of the molecule is FC(F)(F)Oc1ccc(N2CCc3ccccc3C2CCc2ccccc2)cc1. The number of fused-ring (bicyclic) bond motifs is 1. The Morgan fingerprint density at radius 3 is 2.28 bits per heavy atom. The number of nitrogens with zero attached hydrogens (tertiary/aromatic N) is 1. The fraction of sp³-hybridized carbons (Fsp3) is 0.250. The number of alkyl halides is 3. The summed E-state index contributed by atoms with van der Waals surface area (Å²) >= 11 is 0. The van der Waals surface area contributed by atoms with Crippen molar-refractivity contribution in [2.45, 2.75) is 31.7 Å². The van der Waals surface area contributed by atoms with Gasteiger partial charge in [0.25, 0.3) is 0 Å².